The predicted molar refractivity (Wildman–Crippen MR) is 79.0 cm³/mol. The number of hydrogen-bond donors (Lipinski definition) is 1. The molecule has 0 aliphatic carbocycles. The van der Waals surface area contributed by atoms with Gasteiger partial charge in [-0.05, 0) is 36.7 Å². The topological polar surface area (TPSA) is 23.5 Å². The normalized spacial score (nSPS) is 12.6. The van der Waals surface area contributed by atoms with Gasteiger partial charge in [0.05, 0.1) is 6.10 Å². The summed E-state index contributed by atoms with van der Waals surface area (Å²) in [5, 5.41) is 10.1. The molecule has 20 heavy (non-hydrogen) atoms. The molecule has 1 atom stereocenters. The fraction of sp³-hybridized carbons (Fsp3) is 0.294. The van der Waals surface area contributed by atoms with Crippen LogP contribution >= 0.6 is 0 Å². The lowest BCUT2D eigenvalue weighted by atomic mass is 10.1. The molecule has 106 valence electrons. The number of hydrogen-bond acceptors (Lipinski definition) is 2. The first-order valence-electron chi connectivity index (χ1n) is 6.81. The summed E-state index contributed by atoms with van der Waals surface area (Å²) >= 11 is 0. The first kappa shape index (κ1) is 14.7. The van der Waals surface area contributed by atoms with E-state index in [4.69, 9.17) is 0 Å². The van der Waals surface area contributed by atoms with Gasteiger partial charge in [0, 0.05) is 13.1 Å². The maximum atomic E-state index is 12.8. The molecule has 0 amide bonds. The van der Waals surface area contributed by atoms with Crippen molar-refractivity contribution in [2.75, 3.05) is 20.1 Å². The van der Waals surface area contributed by atoms with Crippen LogP contribution in [0.2, 0.25) is 0 Å². The SMILES string of the molecule is CN(CCc1ccccc1)CC(O)c1ccc(F)cc1. The zero-order valence-corrected chi connectivity index (χ0v) is 11.7. The molecule has 3 heteroatoms. The van der Waals surface area contributed by atoms with Gasteiger partial charge >= 0.3 is 0 Å². The highest BCUT2D eigenvalue weighted by atomic mass is 19.1. The Morgan fingerprint density at radius 2 is 1.70 bits per heavy atom. The Balaban J connectivity index is 1.82. The van der Waals surface area contributed by atoms with Crippen molar-refractivity contribution in [3.05, 3.63) is 71.5 Å². The number of nitrogens with zero attached hydrogens (tertiary/aromatic N) is 1. The molecule has 1 unspecified atom stereocenters. The molecule has 0 radical (unpaired) electrons. The van der Waals surface area contributed by atoms with Crippen molar-refractivity contribution in [3.8, 4) is 0 Å². The second-order valence-corrected chi connectivity index (χ2v) is 5.07. The van der Waals surface area contributed by atoms with Crippen LogP contribution in [-0.2, 0) is 6.42 Å². The van der Waals surface area contributed by atoms with Crippen molar-refractivity contribution >= 4 is 0 Å². The van der Waals surface area contributed by atoms with E-state index in [2.05, 4.69) is 17.0 Å². The molecule has 0 aromatic heterocycles. The molecular weight excluding hydrogens is 253 g/mol. The molecule has 0 spiro atoms. The van der Waals surface area contributed by atoms with Crippen molar-refractivity contribution in [2.24, 2.45) is 0 Å². The number of aliphatic hydroxyl groups excluding tert-OH is 1. The zero-order chi connectivity index (χ0) is 14.4. The van der Waals surface area contributed by atoms with E-state index in [0.717, 1.165) is 18.5 Å². The third-order valence-corrected chi connectivity index (χ3v) is 3.36. The maximum absolute atomic E-state index is 12.8. The van der Waals surface area contributed by atoms with Crippen molar-refractivity contribution in [1.29, 1.82) is 0 Å². The van der Waals surface area contributed by atoms with Gasteiger partial charge in [-0.25, -0.2) is 4.39 Å². The Kier molecular flexibility index (Phi) is 5.27. The molecule has 1 N–H and O–H groups in total. The Morgan fingerprint density at radius 1 is 1.05 bits per heavy atom. The summed E-state index contributed by atoms with van der Waals surface area (Å²) in [6.07, 6.45) is 0.365. The van der Waals surface area contributed by atoms with Gasteiger partial charge in [-0.1, -0.05) is 42.5 Å². The molecule has 0 aliphatic rings. The van der Waals surface area contributed by atoms with Crippen LogP contribution in [0.4, 0.5) is 4.39 Å². The summed E-state index contributed by atoms with van der Waals surface area (Å²) in [5.41, 5.74) is 2.04. The summed E-state index contributed by atoms with van der Waals surface area (Å²) in [6.45, 7) is 1.42. The maximum Gasteiger partial charge on any atom is 0.123 e. The van der Waals surface area contributed by atoms with Gasteiger partial charge in [-0.3, -0.25) is 0 Å². The zero-order valence-electron chi connectivity index (χ0n) is 11.7. The summed E-state index contributed by atoms with van der Waals surface area (Å²) < 4.78 is 12.8. The van der Waals surface area contributed by atoms with E-state index in [-0.39, 0.29) is 5.82 Å². The first-order chi connectivity index (χ1) is 9.65. The van der Waals surface area contributed by atoms with Crippen LogP contribution in [0.15, 0.2) is 54.6 Å². The van der Waals surface area contributed by atoms with Crippen LogP contribution < -0.4 is 0 Å². The molecule has 0 saturated heterocycles. The second kappa shape index (κ2) is 7.17. The molecule has 0 saturated carbocycles. The highest BCUT2D eigenvalue weighted by molar-refractivity contribution is 5.19. The lowest BCUT2D eigenvalue weighted by Crippen LogP contribution is -2.26. The van der Waals surface area contributed by atoms with Gasteiger partial charge in [-0.15, -0.1) is 0 Å². The third kappa shape index (κ3) is 4.44. The lowest BCUT2D eigenvalue weighted by molar-refractivity contribution is 0.127. The molecule has 0 heterocycles. The third-order valence-electron chi connectivity index (χ3n) is 3.36. The van der Waals surface area contributed by atoms with E-state index < -0.39 is 6.10 Å². The Hall–Kier alpha value is -1.71. The fourth-order valence-corrected chi connectivity index (χ4v) is 2.14. The fourth-order valence-electron chi connectivity index (χ4n) is 2.14. The quantitative estimate of drug-likeness (QED) is 0.874. The van der Waals surface area contributed by atoms with Crippen LogP contribution in [0.25, 0.3) is 0 Å². The van der Waals surface area contributed by atoms with Gasteiger partial charge in [0.25, 0.3) is 0 Å². The Bertz CT molecular complexity index is 512. The average Bonchev–Trinajstić information content (AvgIpc) is 2.47. The standard InChI is InChI=1S/C17H20FNO/c1-19(12-11-14-5-3-2-4-6-14)13-17(20)15-7-9-16(18)10-8-15/h2-10,17,20H,11-13H2,1H3. The van der Waals surface area contributed by atoms with Crippen LogP contribution in [0.3, 0.4) is 0 Å². The molecular formula is C17H20FNO. The average molecular weight is 273 g/mol. The number of aliphatic hydroxyl groups is 1. The van der Waals surface area contributed by atoms with Gasteiger partial charge in [0.2, 0.25) is 0 Å². The predicted octanol–water partition coefficient (Wildman–Crippen LogP) is 3.03. The molecule has 2 rings (SSSR count). The van der Waals surface area contributed by atoms with Gasteiger partial charge < -0.3 is 10.0 Å². The summed E-state index contributed by atoms with van der Waals surface area (Å²) in [5.74, 6) is -0.279. The van der Waals surface area contributed by atoms with E-state index >= 15 is 0 Å². The Morgan fingerprint density at radius 3 is 2.35 bits per heavy atom. The minimum Gasteiger partial charge on any atom is -0.387 e. The molecule has 2 nitrogen and oxygen atoms in total. The van der Waals surface area contributed by atoms with Crippen LogP contribution in [0, 0.1) is 5.82 Å². The van der Waals surface area contributed by atoms with Crippen molar-refractivity contribution in [3.63, 3.8) is 0 Å². The highest BCUT2D eigenvalue weighted by Gasteiger charge is 2.10. The van der Waals surface area contributed by atoms with Crippen molar-refractivity contribution < 1.29 is 9.50 Å². The summed E-state index contributed by atoms with van der Waals surface area (Å²) in [4.78, 5) is 2.08. The molecule has 2 aromatic carbocycles. The van der Waals surface area contributed by atoms with Crippen LogP contribution in [-0.4, -0.2) is 30.1 Å². The van der Waals surface area contributed by atoms with Gasteiger partial charge in [0.1, 0.15) is 5.82 Å². The molecule has 0 aliphatic heterocycles. The van der Waals surface area contributed by atoms with Crippen LogP contribution in [0.1, 0.15) is 17.2 Å². The number of benzene rings is 2. The molecule has 2 aromatic rings. The highest BCUT2D eigenvalue weighted by Crippen LogP contribution is 2.14. The van der Waals surface area contributed by atoms with E-state index in [9.17, 15) is 9.50 Å². The second-order valence-electron chi connectivity index (χ2n) is 5.07. The first-order valence-corrected chi connectivity index (χ1v) is 6.81. The van der Waals surface area contributed by atoms with Gasteiger partial charge in [0.15, 0.2) is 0 Å². The number of likely N-dealkylation sites (N-methyl/N-ethyl adjacent to an activating group) is 1. The summed E-state index contributed by atoms with van der Waals surface area (Å²) in [6, 6.07) is 16.3. The summed E-state index contributed by atoms with van der Waals surface area (Å²) in [7, 11) is 1.98. The van der Waals surface area contributed by atoms with E-state index in [1.807, 2.05) is 25.2 Å². The van der Waals surface area contributed by atoms with Gasteiger partial charge in [-0.2, -0.15) is 0 Å². The minimum atomic E-state index is -0.587. The van der Waals surface area contributed by atoms with Crippen molar-refractivity contribution in [2.45, 2.75) is 12.5 Å². The number of halogens is 1. The van der Waals surface area contributed by atoms with E-state index in [1.165, 1.54) is 17.7 Å². The Labute approximate surface area is 119 Å². The molecule has 0 bridgehead atoms. The number of rotatable bonds is 6. The van der Waals surface area contributed by atoms with Crippen molar-refractivity contribution in [1.82, 2.24) is 4.90 Å². The largest absolute Gasteiger partial charge is 0.387 e. The molecule has 0 fully saturated rings. The monoisotopic (exact) mass is 273 g/mol. The smallest absolute Gasteiger partial charge is 0.123 e. The van der Waals surface area contributed by atoms with E-state index in [1.54, 1.807) is 12.1 Å². The minimum absolute atomic E-state index is 0.279. The van der Waals surface area contributed by atoms with Crippen LogP contribution in [0.5, 0.6) is 0 Å². The van der Waals surface area contributed by atoms with E-state index in [0.29, 0.717) is 6.54 Å². The lowest BCUT2D eigenvalue weighted by Gasteiger charge is -2.20.